The van der Waals surface area contributed by atoms with E-state index in [1.165, 1.54) is 30.0 Å². The molecule has 0 aliphatic rings. The predicted octanol–water partition coefficient (Wildman–Crippen LogP) is 8.66. The van der Waals surface area contributed by atoms with Crippen LogP contribution in [0.2, 0.25) is 10.0 Å². The van der Waals surface area contributed by atoms with Crippen molar-refractivity contribution in [1.82, 2.24) is 0 Å². The fourth-order valence-corrected chi connectivity index (χ4v) is 3.88. The van der Waals surface area contributed by atoms with Crippen molar-refractivity contribution in [3.8, 4) is 11.5 Å². The normalized spacial score (nSPS) is 11.3. The van der Waals surface area contributed by atoms with E-state index in [1.807, 2.05) is 0 Å². The Morgan fingerprint density at radius 2 is 1.60 bits per heavy atom. The predicted molar refractivity (Wildman–Crippen MR) is 119 cm³/mol. The summed E-state index contributed by atoms with van der Waals surface area (Å²) in [5, 5.41) is 0.634. The summed E-state index contributed by atoms with van der Waals surface area (Å²) >= 11 is 24.9. The minimum atomic E-state index is -4.32. The molecule has 164 valence electrons. The molecule has 30 heavy (non-hydrogen) atoms. The third-order valence-corrected chi connectivity index (χ3v) is 5.66. The number of benzene rings is 2. The fraction of sp³-hybridized carbons (Fsp3) is 0.300. The van der Waals surface area contributed by atoms with E-state index in [2.05, 4.69) is 0 Å². The molecule has 2 rings (SSSR count). The monoisotopic (exact) mass is 518 g/mol. The number of halogens is 7. The number of alkyl halides is 3. The second-order valence-electron chi connectivity index (χ2n) is 5.95. The van der Waals surface area contributed by atoms with E-state index in [9.17, 15) is 13.2 Å². The maximum absolute atomic E-state index is 12.6. The first-order chi connectivity index (χ1) is 14.2. The first-order valence-electron chi connectivity index (χ1n) is 8.72. The van der Waals surface area contributed by atoms with E-state index in [1.54, 1.807) is 12.1 Å². The van der Waals surface area contributed by atoms with Gasteiger partial charge in [0.05, 0.1) is 22.2 Å². The molecule has 0 radical (unpaired) electrons. The lowest BCUT2D eigenvalue weighted by atomic mass is 10.2. The fourth-order valence-electron chi connectivity index (χ4n) is 2.27. The third kappa shape index (κ3) is 8.67. The molecule has 0 unspecified atom stereocenters. The van der Waals surface area contributed by atoms with Crippen LogP contribution in [0, 0.1) is 0 Å². The first kappa shape index (κ1) is 25.3. The van der Waals surface area contributed by atoms with Crippen molar-refractivity contribution in [3.63, 3.8) is 0 Å². The molecule has 0 saturated heterocycles. The lowest BCUT2D eigenvalue weighted by Gasteiger charge is -2.12. The van der Waals surface area contributed by atoms with Crippen LogP contribution in [0.5, 0.6) is 11.5 Å². The zero-order valence-electron chi connectivity index (χ0n) is 15.4. The Labute approximate surface area is 197 Å². The maximum atomic E-state index is 12.6. The first-order valence-corrected chi connectivity index (χ1v) is 11.2. The standard InChI is InChI=1S/C20H17Cl4F3O2S/c21-16-11-14(28-9-7-18(23)24)12-17(22)19(16)29-8-1-2-10-30-15-5-3-13(4-6-15)20(25,26)27/h3-7,11-12H,1-2,8-10H2. The molecule has 0 fully saturated rings. The Morgan fingerprint density at radius 1 is 0.967 bits per heavy atom. The molecule has 0 aromatic heterocycles. The number of unbranched alkanes of at least 4 members (excludes halogenated alkanes) is 1. The van der Waals surface area contributed by atoms with Crippen molar-refractivity contribution in [2.75, 3.05) is 19.0 Å². The van der Waals surface area contributed by atoms with Gasteiger partial charge in [-0.15, -0.1) is 11.8 Å². The lowest BCUT2D eigenvalue weighted by Crippen LogP contribution is -2.04. The van der Waals surface area contributed by atoms with E-state index < -0.39 is 11.7 Å². The van der Waals surface area contributed by atoms with Crippen LogP contribution in [-0.4, -0.2) is 19.0 Å². The summed E-state index contributed by atoms with van der Waals surface area (Å²) in [6, 6.07) is 8.29. The van der Waals surface area contributed by atoms with Crippen molar-refractivity contribution in [2.45, 2.75) is 23.9 Å². The van der Waals surface area contributed by atoms with Gasteiger partial charge in [-0.25, -0.2) is 0 Å². The molecule has 2 aromatic carbocycles. The molecule has 0 aliphatic carbocycles. The van der Waals surface area contributed by atoms with Crippen LogP contribution in [0.15, 0.2) is 51.9 Å². The molecule has 0 spiro atoms. The zero-order valence-corrected chi connectivity index (χ0v) is 19.3. The summed E-state index contributed by atoms with van der Waals surface area (Å²) in [6.45, 7) is 0.573. The highest BCUT2D eigenvalue weighted by Crippen LogP contribution is 2.37. The topological polar surface area (TPSA) is 18.5 Å². The summed E-state index contributed by atoms with van der Waals surface area (Å²) in [4.78, 5) is 0.788. The average Bonchev–Trinajstić information content (AvgIpc) is 2.65. The Morgan fingerprint density at radius 3 is 2.17 bits per heavy atom. The van der Waals surface area contributed by atoms with Gasteiger partial charge in [-0.2, -0.15) is 13.2 Å². The molecular weight excluding hydrogens is 503 g/mol. The van der Waals surface area contributed by atoms with Crippen LogP contribution in [0.4, 0.5) is 13.2 Å². The molecule has 0 saturated carbocycles. The molecule has 0 aliphatic heterocycles. The highest BCUT2D eigenvalue weighted by molar-refractivity contribution is 7.99. The molecular formula is C20H17Cl4F3O2S. The Balaban J connectivity index is 1.73. The second-order valence-corrected chi connectivity index (χ2v) is 8.94. The highest BCUT2D eigenvalue weighted by atomic mass is 35.5. The van der Waals surface area contributed by atoms with Crippen molar-refractivity contribution < 1.29 is 22.6 Å². The van der Waals surface area contributed by atoms with Crippen LogP contribution >= 0.6 is 58.2 Å². The highest BCUT2D eigenvalue weighted by Gasteiger charge is 2.29. The summed E-state index contributed by atoms with van der Waals surface area (Å²) in [5.41, 5.74) is -0.648. The number of hydrogen-bond donors (Lipinski definition) is 0. The largest absolute Gasteiger partial charge is 0.490 e. The van der Waals surface area contributed by atoms with Gasteiger partial charge in [-0.05, 0) is 48.9 Å². The molecule has 0 heterocycles. The Bertz CT molecular complexity index is 831. The van der Waals surface area contributed by atoms with Gasteiger partial charge >= 0.3 is 6.18 Å². The Hall–Kier alpha value is -0.920. The summed E-state index contributed by atoms with van der Waals surface area (Å²) < 4.78 is 48.9. The SMILES string of the molecule is FC(F)(F)c1ccc(SCCCCOc2c(Cl)cc(OCC=C(Cl)Cl)cc2Cl)cc1. The quantitative estimate of drug-likeness (QED) is 0.231. The van der Waals surface area contributed by atoms with Gasteiger partial charge in [0, 0.05) is 17.0 Å². The number of hydrogen-bond acceptors (Lipinski definition) is 3. The van der Waals surface area contributed by atoms with Gasteiger partial charge in [0.1, 0.15) is 16.8 Å². The van der Waals surface area contributed by atoms with Gasteiger partial charge in [-0.1, -0.05) is 46.4 Å². The Kier molecular flexibility index (Phi) is 10.3. The van der Waals surface area contributed by atoms with Crippen LogP contribution in [-0.2, 0) is 6.18 Å². The van der Waals surface area contributed by atoms with E-state index in [-0.39, 0.29) is 11.1 Å². The number of rotatable bonds is 10. The van der Waals surface area contributed by atoms with Gasteiger partial charge in [-0.3, -0.25) is 0 Å². The molecule has 0 atom stereocenters. The summed E-state index contributed by atoms with van der Waals surface area (Å²) in [7, 11) is 0. The number of ether oxygens (including phenoxy) is 2. The van der Waals surface area contributed by atoms with Crippen molar-refractivity contribution >= 4 is 58.2 Å². The second kappa shape index (κ2) is 12.2. The van der Waals surface area contributed by atoms with Gasteiger partial charge in [0.2, 0.25) is 0 Å². The molecule has 0 amide bonds. The summed E-state index contributed by atoms with van der Waals surface area (Å²) in [6.07, 6.45) is -1.29. The smallest absolute Gasteiger partial charge is 0.416 e. The van der Waals surface area contributed by atoms with Gasteiger partial charge < -0.3 is 9.47 Å². The zero-order chi connectivity index (χ0) is 22.1. The van der Waals surface area contributed by atoms with Crippen LogP contribution in [0.1, 0.15) is 18.4 Å². The molecule has 10 heteroatoms. The summed E-state index contributed by atoms with van der Waals surface area (Å²) in [5.74, 6) is 1.57. The van der Waals surface area contributed by atoms with E-state index in [4.69, 9.17) is 55.9 Å². The third-order valence-electron chi connectivity index (χ3n) is 3.69. The van der Waals surface area contributed by atoms with Crippen molar-refractivity contribution in [1.29, 1.82) is 0 Å². The van der Waals surface area contributed by atoms with Crippen LogP contribution in [0.25, 0.3) is 0 Å². The molecule has 0 N–H and O–H groups in total. The maximum Gasteiger partial charge on any atom is 0.416 e. The van der Waals surface area contributed by atoms with Crippen LogP contribution < -0.4 is 9.47 Å². The molecule has 2 nitrogen and oxygen atoms in total. The van der Waals surface area contributed by atoms with Crippen molar-refractivity contribution in [3.05, 3.63) is 62.6 Å². The minimum absolute atomic E-state index is 0.101. The van der Waals surface area contributed by atoms with Gasteiger partial charge in [0.25, 0.3) is 0 Å². The lowest BCUT2D eigenvalue weighted by molar-refractivity contribution is -0.137. The minimum Gasteiger partial charge on any atom is -0.490 e. The number of thioether (sulfide) groups is 1. The molecule has 2 aromatic rings. The van der Waals surface area contributed by atoms with Gasteiger partial charge in [0.15, 0.2) is 5.75 Å². The average molecular weight is 520 g/mol. The van der Waals surface area contributed by atoms with E-state index in [0.29, 0.717) is 28.2 Å². The van der Waals surface area contributed by atoms with E-state index >= 15 is 0 Å². The van der Waals surface area contributed by atoms with E-state index in [0.717, 1.165) is 35.6 Å². The van der Waals surface area contributed by atoms with Crippen LogP contribution in [0.3, 0.4) is 0 Å². The van der Waals surface area contributed by atoms with Crippen molar-refractivity contribution in [2.24, 2.45) is 0 Å². The molecule has 0 bridgehead atoms.